The Labute approximate surface area is 135 Å². The van der Waals surface area contributed by atoms with Gasteiger partial charge in [-0.05, 0) is 36.2 Å². The molecule has 1 fully saturated rings. The molecular formula is C19H31NO2. The van der Waals surface area contributed by atoms with E-state index in [0.717, 1.165) is 13.0 Å². The quantitative estimate of drug-likeness (QED) is 0.312. The zero-order valence-corrected chi connectivity index (χ0v) is 14.8. The van der Waals surface area contributed by atoms with Crippen LogP contribution in [0.4, 0.5) is 0 Å². The van der Waals surface area contributed by atoms with Crippen LogP contribution in [0.1, 0.15) is 53.4 Å². The van der Waals surface area contributed by atoms with Crippen molar-refractivity contribution in [3.8, 4) is 0 Å². The van der Waals surface area contributed by atoms with Gasteiger partial charge in [0.25, 0.3) is 0 Å². The lowest BCUT2D eigenvalue weighted by Crippen LogP contribution is -2.32. The number of methoxy groups -OCH3 is 1. The van der Waals surface area contributed by atoms with Crippen LogP contribution in [0.15, 0.2) is 28.8 Å². The van der Waals surface area contributed by atoms with Crippen LogP contribution in [0.5, 0.6) is 0 Å². The zero-order chi connectivity index (χ0) is 16.6. The highest BCUT2D eigenvalue weighted by Gasteiger charge is 2.34. The molecule has 2 atom stereocenters. The zero-order valence-electron chi connectivity index (χ0n) is 14.8. The highest BCUT2D eigenvalue weighted by molar-refractivity contribution is 5.96. The van der Waals surface area contributed by atoms with Gasteiger partial charge in [0, 0.05) is 12.8 Å². The minimum atomic E-state index is -0.305. The number of allylic oxidation sites excluding steroid dienone is 2. The second-order valence-corrected chi connectivity index (χ2v) is 6.91. The Morgan fingerprint density at radius 3 is 2.73 bits per heavy atom. The fourth-order valence-corrected chi connectivity index (χ4v) is 3.30. The summed E-state index contributed by atoms with van der Waals surface area (Å²) in [5.41, 5.74) is 0.849. The van der Waals surface area contributed by atoms with Crippen LogP contribution in [-0.4, -0.2) is 25.8 Å². The predicted molar refractivity (Wildman–Crippen MR) is 93.2 cm³/mol. The number of hydrogen-bond donors (Lipinski definition) is 0. The first-order valence-corrected chi connectivity index (χ1v) is 8.39. The van der Waals surface area contributed by atoms with Crippen LogP contribution < -0.4 is 0 Å². The van der Waals surface area contributed by atoms with E-state index in [1.807, 2.05) is 6.08 Å². The molecule has 1 aliphatic carbocycles. The van der Waals surface area contributed by atoms with Crippen LogP contribution in [0.25, 0.3) is 0 Å². The third-order valence-electron chi connectivity index (χ3n) is 4.61. The van der Waals surface area contributed by atoms with Crippen molar-refractivity contribution in [2.75, 3.05) is 13.7 Å². The van der Waals surface area contributed by atoms with Gasteiger partial charge < -0.3 is 4.74 Å². The van der Waals surface area contributed by atoms with Crippen molar-refractivity contribution in [2.45, 2.75) is 53.4 Å². The molecule has 0 aromatic rings. The minimum Gasteiger partial charge on any atom is -0.465 e. The molecule has 0 aromatic heterocycles. The molecule has 124 valence electrons. The summed E-state index contributed by atoms with van der Waals surface area (Å²) in [4.78, 5) is 16.1. The fraction of sp³-hybridized carbons (Fsp3) is 0.684. The summed E-state index contributed by atoms with van der Waals surface area (Å²) in [6.45, 7) is 9.81. The molecule has 1 rings (SSSR count). The summed E-state index contributed by atoms with van der Waals surface area (Å²) >= 11 is 0. The molecule has 0 aromatic carbocycles. The molecule has 0 aliphatic heterocycles. The molecule has 3 nitrogen and oxygen atoms in total. The van der Waals surface area contributed by atoms with E-state index >= 15 is 0 Å². The summed E-state index contributed by atoms with van der Waals surface area (Å²) in [5, 5.41) is 0. The molecule has 0 heterocycles. The number of carbonyl (C=O) groups is 1. The Kier molecular flexibility index (Phi) is 7.57. The van der Waals surface area contributed by atoms with E-state index < -0.39 is 0 Å². The summed E-state index contributed by atoms with van der Waals surface area (Å²) in [6.07, 6.45) is 12.4. The maximum Gasteiger partial charge on any atom is 0.337 e. The first-order valence-electron chi connectivity index (χ1n) is 8.39. The van der Waals surface area contributed by atoms with Gasteiger partial charge in [-0.25, -0.2) is 4.79 Å². The number of carbonyl (C=O) groups excluding carboxylic acids is 1. The standard InChI is InChI=1S/C19H31NO2/c1-6-13-20-14-11-16(18(21)22-5)9-10-17-15(2)8-7-12-19(17,3)4/h9-11,14-15,17H,6-8,12-13H2,1-5H3/b10-9+,16-11+,20-14?/t15-,17+/m1/s1. The lowest BCUT2D eigenvalue weighted by atomic mass is 9.64. The third kappa shape index (κ3) is 5.43. The topological polar surface area (TPSA) is 38.7 Å². The SMILES string of the molecule is CCCN=C/C=C(\C=C\[C@H]1[C@H](C)CCCC1(C)C)C(=O)OC. The molecule has 0 radical (unpaired) electrons. The first-order chi connectivity index (χ1) is 10.4. The van der Waals surface area contributed by atoms with Gasteiger partial charge in [-0.2, -0.15) is 0 Å². The summed E-state index contributed by atoms with van der Waals surface area (Å²) in [5.74, 6) is 0.829. The number of esters is 1. The Balaban J connectivity index is 2.89. The van der Waals surface area contributed by atoms with E-state index in [-0.39, 0.29) is 11.4 Å². The Hall–Kier alpha value is -1.38. The lowest BCUT2D eigenvalue weighted by Gasteiger charge is -2.41. The van der Waals surface area contributed by atoms with Crippen LogP contribution in [-0.2, 0) is 9.53 Å². The molecule has 22 heavy (non-hydrogen) atoms. The molecule has 0 N–H and O–H groups in total. The van der Waals surface area contributed by atoms with E-state index in [1.165, 1.54) is 26.4 Å². The van der Waals surface area contributed by atoms with Crippen LogP contribution in [0, 0.1) is 17.3 Å². The highest BCUT2D eigenvalue weighted by atomic mass is 16.5. The molecule has 0 unspecified atom stereocenters. The average molecular weight is 305 g/mol. The lowest BCUT2D eigenvalue weighted by molar-refractivity contribution is -0.135. The monoisotopic (exact) mass is 305 g/mol. The van der Waals surface area contributed by atoms with Crippen molar-refractivity contribution in [1.29, 1.82) is 0 Å². The Bertz CT molecular complexity index is 446. The summed E-state index contributed by atoms with van der Waals surface area (Å²) in [6, 6.07) is 0. The third-order valence-corrected chi connectivity index (χ3v) is 4.61. The van der Waals surface area contributed by atoms with Crippen molar-refractivity contribution in [2.24, 2.45) is 22.2 Å². The van der Waals surface area contributed by atoms with Crippen molar-refractivity contribution in [3.05, 3.63) is 23.8 Å². The van der Waals surface area contributed by atoms with Gasteiger partial charge in [0.2, 0.25) is 0 Å². The van der Waals surface area contributed by atoms with Gasteiger partial charge in [-0.15, -0.1) is 0 Å². The van der Waals surface area contributed by atoms with Crippen molar-refractivity contribution in [3.63, 3.8) is 0 Å². The van der Waals surface area contributed by atoms with Gasteiger partial charge in [0.1, 0.15) is 0 Å². The van der Waals surface area contributed by atoms with Crippen molar-refractivity contribution < 1.29 is 9.53 Å². The second-order valence-electron chi connectivity index (χ2n) is 6.91. The number of aliphatic imine (C=N–C) groups is 1. The van der Waals surface area contributed by atoms with Crippen molar-refractivity contribution in [1.82, 2.24) is 0 Å². The fourth-order valence-electron chi connectivity index (χ4n) is 3.30. The maximum atomic E-state index is 11.9. The van der Waals surface area contributed by atoms with E-state index in [1.54, 1.807) is 12.3 Å². The Morgan fingerprint density at radius 2 is 2.14 bits per heavy atom. The van der Waals surface area contributed by atoms with Crippen LogP contribution >= 0.6 is 0 Å². The molecule has 3 heteroatoms. The van der Waals surface area contributed by atoms with E-state index in [2.05, 4.69) is 38.8 Å². The molecule has 0 spiro atoms. The Morgan fingerprint density at radius 1 is 1.41 bits per heavy atom. The van der Waals surface area contributed by atoms with Gasteiger partial charge in [-0.3, -0.25) is 4.99 Å². The minimum absolute atomic E-state index is 0.283. The molecule has 1 aliphatic rings. The van der Waals surface area contributed by atoms with Crippen LogP contribution in [0.2, 0.25) is 0 Å². The van der Waals surface area contributed by atoms with Crippen molar-refractivity contribution >= 4 is 12.2 Å². The van der Waals surface area contributed by atoms with E-state index in [0.29, 0.717) is 17.4 Å². The highest BCUT2D eigenvalue weighted by Crippen LogP contribution is 2.44. The molecule has 0 bridgehead atoms. The molecular weight excluding hydrogens is 274 g/mol. The number of hydrogen-bond acceptors (Lipinski definition) is 3. The molecule has 0 amide bonds. The first kappa shape index (κ1) is 18.7. The normalized spacial score (nSPS) is 25.8. The smallest absolute Gasteiger partial charge is 0.337 e. The van der Waals surface area contributed by atoms with E-state index in [4.69, 9.17) is 4.74 Å². The summed E-state index contributed by atoms with van der Waals surface area (Å²) < 4.78 is 4.87. The van der Waals surface area contributed by atoms with Gasteiger partial charge in [-0.1, -0.05) is 52.7 Å². The maximum absolute atomic E-state index is 11.9. The number of rotatable bonds is 6. The van der Waals surface area contributed by atoms with Gasteiger partial charge in [0.05, 0.1) is 12.7 Å². The van der Waals surface area contributed by atoms with Crippen LogP contribution in [0.3, 0.4) is 0 Å². The average Bonchev–Trinajstić information content (AvgIpc) is 2.47. The number of nitrogens with zero attached hydrogens (tertiary/aromatic N) is 1. The largest absolute Gasteiger partial charge is 0.465 e. The molecule has 1 saturated carbocycles. The molecule has 0 saturated heterocycles. The predicted octanol–water partition coefficient (Wildman–Crippen LogP) is 4.59. The van der Waals surface area contributed by atoms with Gasteiger partial charge >= 0.3 is 5.97 Å². The number of ether oxygens (including phenoxy) is 1. The van der Waals surface area contributed by atoms with Gasteiger partial charge in [0.15, 0.2) is 0 Å². The summed E-state index contributed by atoms with van der Waals surface area (Å²) in [7, 11) is 1.42. The van der Waals surface area contributed by atoms with E-state index in [9.17, 15) is 4.79 Å². The second kappa shape index (κ2) is 8.92.